The molecule has 0 bridgehead atoms. The molecule has 1 aromatic rings. The lowest BCUT2D eigenvalue weighted by atomic mass is 10.0. The average Bonchev–Trinajstić information content (AvgIpc) is 2.45. The van der Waals surface area contributed by atoms with E-state index in [1.165, 1.54) is 4.90 Å². The van der Waals surface area contributed by atoms with Crippen molar-refractivity contribution >= 4 is 25.8 Å². The quantitative estimate of drug-likeness (QED) is 0.796. The summed E-state index contributed by atoms with van der Waals surface area (Å²) in [5.74, 6) is -0.227. The average molecular weight is 332 g/mol. The summed E-state index contributed by atoms with van der Waals surface area (Å²) < 4.78 is 27.7. The molecule has 0 radical (unpaired) electrons. The zero-order valence-corrected chi connectivity index (χ0v) is 13.1. The predicted molar refractivity (Wildman–Crippen MR) is 80.6 cm³/mol. The van der Waals surface area contributed by atoms with Gasteiger partial charge in [-0.3, -0.25) is 0 Å². The number of carbonyl (C=O) groups excluding carboxylic acids is 1. The van der Waals surface area contributed by atoms with Gasteiger partial charge in [-0.25, -0.2) is 13.2 Å². The first-order valence-corrected chi connectivity index (χ1v) is 9.33. The monoisotopic (exact) mass is 331 g/mol. The first-order chi connectivity index (χ1) is 9.96. The van der Waals surface area contributed by atoms with Crippen LogP contribution in [0.3, 0.4) is 0 Å². The normalized spacial score (nSPS) is 19.3. The summed E-state index contributed by atoms with van der Waals surface area (Å²) >= 11 is 0. The van der Waals surface area contributed by atoms with Crippen LogP contribution in [0.2, 0.25) is 0 Å². The zero-order valence-electron chi connectivity index (χ0n) is 11.6. The SMILES string of the molecule is O=C(OCc1ccccc1)N1CCCCC1CS(=O)(=O)Cl. The fourth-order valence-electron chi connectivity index (χ4n) is 2.45. The highest BCUT2D eigenvalue weighted by molar-refractivity contribution is 8.13. The first kappa shape index (κ1) is 16.1. The van der Waals surface area contributed by atoms with Crippen LogP contribution in [-0.2, 0) is 20.4 Å². The van der Waals surface area contributed by atoms with Gasteiger partial charge in [0.15, 0.2) is 0 Å². The Labute approximate surface area is 129 Å². The van der Waals surface area contributed by atoms with Crippen molar-refractivity contribution in [1.29, 1.82) is 0 Å². The van der Waals surface area contributed by atoms with E-state index in [-0.39, 0.29) is 12.4 Å². The molecule has 116 valence electrons. The maximum Gasteiger partial charge on any atom is 0.410 e. The van der Waals surface area contributed by atoms with Gasteiger partial charge in [0.2, 0.25) is 9.05 Å². The Morgan fingerprint density at radius 2 is 2.00 bits per heavy atom. The molecule has 0 N–H and O–H groups in total. The molecule has 1 fully saturated rings. The number of halogens is 1. The highest BCUT2D eigenvalue weighted by Gasteiger charge is 2.31. The van der Waals surface area contributed by atoms with Gasteiger partial charge in [0, 0.05) is 17.2 Å². The number of hydrogen-bond acceptors (Lipinski definition) is 4. The highest BCUT2D eigenvalue weighted by atomic mass is 35.7. The van der Waals surface area contributed by atoms with Crippen molar-refractivity contribution in [2.45, 2.75) is 31.9 Å². The number of benzene rings is 1. The Bertz CT molecular complexity index is 576. The van der Waals surface area contributed by atoms with Crippen LogP contribution in [-0.4, -0.2) is 37.8 Å². The van der Waals surface area contributed by atoms with Gasteiger partial charge in [0.1, 0.15) is 6.61 Å². The van der Waals surface area contributed by atoms with Crippen molar-refractivity contribution in [2.24, 2.45) is 0 Å². The van der Waals surface area contributed by atoms with Crippen LogP contribution in [0.25, 0.3) is 0 Å². The molecule has 1 heterocycles. The second-order valence-electron chi connectivity index (χ2n) is 5.09. The van der Waals surface area contributed by atoms with Crippen LogP contribution in [0.5, 0.6) is 0 Å². The summed E-state index contributed by atoms with van der Waals surface area (Å²) in [6.07, 6.45) is 1.88. The number of rotatable bonds is 4. The molecular weight excluding hydrogens is 314 g/mol. The third-order valence-corrected chi connectivity index (χ3v) is 4.62. The Hall–Kier alpha value is -1.27. The first-order valence-electron chi connectivity index (χ1n) is 6.85. The molecule has 2 rings (SSSR count). The van der Waals surface area contributed by atoms with Crippen LogP contribution in [0.4, 0.5) is 4.79 Å². The van der Waals surface area contributed by atoms with Crippen LogP contribution in [0.15, 0.2) is 30.3 Å². The Balaban J connectivity index is 1.95. The minimum absolute atomic E-state index is 0.177. The maximum atomic E-state index is 12.1. The molecule has 0 aromatic heterocycles. The molecule has 1 unspecified atom stereocenters. The van der Waals surface area contributed by atoms with E-state index in [0.717, 1.165) is 18.4 Å². The van der Waals surface area contributed by atoms with E-state index in [0.29, 0.717) is 13.0 Å². The molecule has 1 aromatic carbocycles. The third kappa shape index (κ3) is 5.21. The Morgan fingerprint density at radius 1 is 1.29 bits per heavy atom. The number of ether oxygens (including phenoxy) is 1. The van der Waals surface area contributed by atoms with E-state index >= 15 is 0 Å². The lowest BCUT2D eigenvalue weighted by Gasteiger charge is -2.34. The van der Waals surface area contributed by atoms with E-state index in [1.54, 1.807) is 0 Å². The Kier molecular flexibility index (Phi) is 5.47. The fraction of sp³-hybridized carbons (Fsp3) is 0.500. The fourth-order valence-corrected chi connectivity index (χ4v) is 3.69. The van der Waals surface area contributed by atoms with Crippen molar-refractivity contribution in [2.75, 3.05) is 12.3 Å². The van der Waals surface area contributed by atoms with E-state index < -0.39 is 21.2 Å². The molecule has 21 heavy (non-hydrogen) atoms. The van der Waals surface area contributed by atoms with Gasteiger partial charge in [0.05, 0.1) is 11.8 Å². The number of hydrogen-bond donors (Lipinski definition) is 0. The Morgan fingerprint density at radius 3 is 2.67 bits per heavy atom. The van der Waals surface area contributed by atoms with Gasteiger partial charge < -0.3 is 9.64 Å². The number of amides is 1. The second-order valence-corrected chi connectivity index (χ2v) is 7.91. The number of nitrogens with zero attached hydrogens (tertiary/aromatic N) is 1. The summed E-state index contributed by atoms with van der Waals surface area (Å²) in [6, 6.07) is 8.95. The van der Waals surface area contributed by atoms with Crippen molar-refractivity contribution in [3.63, 3.8) is 0 Å². The molecule has 1 amide bonds. The van der Waals surface area contributed by atoms with E-state index in [1.807, 2.05) is 30.3 Å². The van der Waals surface area contributed by atoms with Gasteiger partial charge >= 0.3 is 6.09 Å². The topological polar surface area (TPSA) is 63.7 Å². The molecule has 1 aliphatic heterocycles. The molecule has 0 aliphatic carbocycles. The van der Waals surface area contributed by atoms with Crippen molar-refractivity contribution in [3.05, 3.63) is 35.9 Å². The zero-order chi connectivity index (χ0) is 15.3. The van der Waals surface area contributed by atoms with Crippen LogP contribution in [0, 0.1) is 0 Å². The number of likely N-dealkylation sites (tertiary alicyclic amines) is 1. The van der Waals surface area contributed by atoms with E-state index in [2.05, 4.69) is 0 Å². The summed E-state index contributed by atoms with van der Waals surface area (Å²) in [6.45, 7) is 0.682. The third-order valence-electron chi connectivity index (χ3n) is 3.46. The highest BCUT2D eigenvalue weighted by Crippen LogP contribution is 2.21. The minimum atomic E-state index is -3.63. The van der Waals surface area contributed by atoms with Gasteiger partial charge in [0.25, 0.3) is 0 Å². The van der Waals surface area contributed by atoms with E-state index in [9.17, 15) is 13.2 Å². The number of piperidine rings is 1. The van der Waals surface area contributed by atoms with Crippen LogP contribution >= 0.6 is 10.7 Å². The van der Waals surface area contributed by atoms with Crippen molar-refractivity contribution < 1.29 is 17.9 Å². The smallest absolute Gasteiger partial charge is 0.410 e. The summed E-state index contributed by atoms with van der Waals surface area (Å²) in [7, 11) is 1.67. The van der Waals surface area contributed by atoms with Crippen LogP contribution in [0.1, 0.15) is 24.8 Å². The molecule has 0 spiro atoms. The summed E-state index contributed by atoms with van der Waals surface area (Å²) in [5.41, 5.74) is 0.893. The van der Waals surface area contributed by atoms with Crippen molar-refractivity contribution in [1.82, 2.24) is 4.90 Å². The van der Waals surface area contributed by atoms with Gasteiger partial charge in [-0.2, -0.15) is 0 Å². The molecule has 5 nitrogen and oxygen atoms in total. The number of carbonyl (C=O) groups is 1. The molecular formula is C14H18ClNO4S. The summed E-state index contributed by atoms with van der Waals surface area (Å²) in [5, 5.41) is 0. The second kappa shape index (κ2) is 7.13. The maximum absolute atomic E-state index is 12.1. The van der Waals surface area contributed by atoms with Gasteiger partial charge in [-0.1, -0.05) is 30.3 Å². The molecule has 7 heteroatoms. The minimum Gasteiger partial charge on any atom is -0.445 e. The van der Waals surface area contributed by atoms with E-state index in [4.69, 9.17) is 15.4 Å². The lowest BCUT2D eigenvalue weighted by Crippen LogP contribution is -2.46. The van der Waals surface area contributed by atoms with Gasteiger partial charge in [-0.15, -0.1) is 0 Å². The lowest BCUT2D eigenvalue weighted by molar-refractivity contribution is 0.0729. The standard InChI is InChI=1S/C14H18ClNO4S/c15-21(18,19)11-13-8-4-5-9-16(13)14(17)20-10-12-6-2-1-3-7-12/h1-3,6-7,13H,4-5,8-11H2. The van der Waals surface area contributed by atoms with Gasteiger partial charge in [-0.05, 0) is 24.8 Å². The largest absolute Gasteiger partial charge is 0.445 e. The molecule has 1 atom stereocenters. The molecule has 1 saturated heterocycles. The molecule has 1 aliphatic rings. The summed E-state index contributed by atoms with van der Waals surface area (Å²) in [4.78, 5) is 13.6. The van der Waals surface area contributed by atoms with Crippen LogP contribution < -0.4 is 0 Å². The molecule has 0 saturated carbocycles. The van der Waals surface area contributed by atoms with Crippen molar-refractivity contribution in [3.8, 4) is 0 Å². The predicted octanol–water partition coefficient (Wildman–Crippen LogP) is 2.75.